The van der Waals surface area contributed by atoms with Crippen molar-refractivity contribution >= 4 is 17.7 Å². The van der Waals surface area contributed by atoms with Gasteiger partial charge in [-0.2, -0.15) is 0 Å². The van der Waals surface area contributed by atoms with Gasteiger partial charge in [0.25, 0.3) is 0 Å². The van der Waals surface area contributed by atoms with E-state index in [2.05, 4.69) is 12.2 Å². The molecule has 2 rings (SSSR count). The van der Waals surface area contributed by atoms with Gasteiger partial charge in [0, 0.05) is 13.6 Å². The van der Waals surface area contributed by atoms with Crippen molar-refractivity contribution < 1.29 is 14.7 Å². The van der Waals surface area contributed by atoms with E-state index in [-0.39, 0.29) is 17.0 Å². The summed E-state index contributed by atoms with van der Waals surface area (Å²) < 4.78 is 0. The third-order valence-electron chi connectivity index (χ3n) is 4.15. The second-order valence-electron chi connectivity index (χ2n) is 5.79. The van der Waals surface area contributed by atoms with Crippen molar-refractivity contribution in [2.75, 3.05) is 18.5 Å². The predicted octanol–water partition coefficient (Wildman–Crippen LogP) is 3.11. The highest BCUT2D eigenvalue weighted by Crippen LogP contribution is 2.48. The molecule has 0 unspecified atom stereocenters. The smallest absolute Gasteiger partial charge is 0.337 e. The molecule has 1 saturated carbocycles. The lowest BCUT2D eigenvalue weighted by atomic mass is 10.0. The summed E-state index contributed by atoms with van der Waals surface area (Å²) in [5.74, 6) is -1.03. The number of amides is 2. The van der Waals surface area contributed by atoms with Crippen molar-refractivity contribution in [3.05, 3.63) is 29.8 Å². The number of benzene rings is 1. The molecule has 1 fully saturated rings. The maximum Gasteiger partial charge on any atom is 0.337 e. The van der Waals surface area contributed by atoms with Crippen molar-refractivity contribution in [2.45, 2.75) is 32.6 Å². The molecule has 0 saturated heterocycles. The average Bonchev–Trinajstić information content (AvgIpc) is 3.24. The number of urea groups is 1. The first kappa shape index (κ1) is 15.4. The van der Waals surface area contributed by atoms with Crippen LogP contribution in [-0.2, 0) is 0 Å². The Morgan fingerprint density at radius 1 is 1.33 bits per heavy atom. The number of aromatic carboxylic acids is 1. The lowest BCUT2D eigenvalue weighted by Crippen LogP contribution is -2.40. The molecule has 1 aliphatic carbocycles. The molecule has 0 heterocycles. The van der Waals surface area contributed by atoms with Gasteiger partial charge < -0.3 is 10.4 Å². The summed E-state index contributed by atoms with van der Waals surface area (Å²) >= 11 is 0. The summed E-state index contributed by atoms with van der Waals surface area (Å²) in [6.07, 6.45) is 4.57. The first-order valence-electron chi connectivity index (χ1n) is 7.33. The van der Waals surface area contributed by atoms with Gasteiger partial charge in [0.2, 0.25) is 0 Å². The van der Waals surface area contributed by atoms with Gasteiger partial charge in [0.15, 0.2) is 0 Å². The average molecular weight is 290 g/mol. The Kier molecular flexibility index (Phi) is 4.50. The van der Waals surface area contributed by atoms with Gasteiger partial charge in [-0.15, -0.1) is 0 Å². The van der Waals surface area contributed by atoms with Crippen LogP contribution in [-0.4, -0.2) is 30.7 Å². The van der Waals surface area contributed by atoms with Crippen molar-refractivity contribution in [3.8, 4) is 0 Å². The summed E-state index contributed by atoms with van der Waals surface area (Å²) in [7, 11) is 1.59. The van der Waals surface area contributed by atoms with Crippen LogP contribution in [0.5, 0.6) is 0 Å². The number of anilines is 1. The van der Waals surface area contributed by atoms with Crippen LogP contribution in [0.25, 0.3) is 0 Å². The fourth-order valence-corrected chi connectivity index (χ4v) is 2.66. The molecule has 5 heteroatoms. The van der Waals surface area contributed by atoms with E-state index in [1.54, 1.807) is 25.2 Å². The molecule has 21 heavy (non-hydrogen) atoms. The van der Waals surface area contributed by atoms with Crippen LogP contribution < -0.4 is 10.2 Å². The van der Waals surface area contributed by atoms with E-state index in [1.807, 2.05) is 0 Å². The van der Waals surface area contributed by atoms with Crippen LogP contribution in [0.2, 0.25) is 0 Å². The van der Waals surface area contributed by atoms with Crippen LogP contribution in [0.1, 0.15) is 43.0 Å². The van der Waals surface area contributed by atoms with Gasteiger partial charge >= 0.3 is 12.0 Å². The summed E-state index contributed by atoms with van der Waals surface area (Å²) in [6.45, 7) is 2.82. The van der Waals surface area contributed by atoms with Crippen LogP contribution in [0, 0.1) is 5.41 Å². The quantitative estimate of drug-likeness (QED) is 0.845. The van der Waals surface area contributed by atoms with E-state index in [9.17, 15) is 14.7 Å². The highest BCUT2D eigenvalue weighted by molar-refractivity contribution is 6.01. The molecule has 114 valence electrons. The molecule has 0 atom stereocenters. The van der Waals surface area contributed by atoms with E-state index < -0.39 is 5.97 Å². The van der Waals surface area contributed by atoms with E-state index >= 15 is 0 Å². The van der Waals surface area contributed by atoms with Gasteiger partial charge in [0.1, 0.15) is 0 Å². The number of nitrogens with one attached hydrogen (secondary N) is 1. The SMILES string of the molecule is CCCC1(CNC(=O)N(C)c2ccccc2C(=O)O)CC1. The first-order valence-corrected chi connectivity index (χ1v) is 7.33. The van der Waals surface area contributed by atoms with Crippen LogP contribution in [0.15, 0.2) is 24.3 Å². The van der Waals surface area contributed by atoms with Crippen LogP contribution >= 0.6 is 0 Å². The minimum absolute atomic E-state index is 0.129. The largest absolute Gasteiger partial charge is 0.478 e. The second kappa shape index (κ2) is 6.16. The number of rotatable bonds is 6. The molecule has 5 nitrogen and oxygen atoms in total. The monoisotopic (exact) mass is 290 g/mol. The van der Waals surface area contributed by atoms with Crippen molar-refractivity contribution in [3.63, 3.8) is 0 Å². The maximum atomic E-state index is 12.2. The minimum Gasteiger partial charge on any atom is -0.478 e. The number of carboxylic acid groups (broad SMARTS) is 1. The highest BCUT2D eigenvalue weighted by Gasteiger charge is 2.41. The number of para-hydroxylation sites is 1. The number of carbonyl (C=O) groups is 2. The van der Waals surface area contributed by atoms with Crippen molar-refractivity contribution in [1.82, 2.24) is 5.32 Å². The third-order valence-corrected chi connectivity index (χ3v) is 4.15. The summed E-state index contributed by atoms with van der Waals surface area (Å²) in [4.78, 5) is 24.8. The third kappa shape index (κ3) is 3.54. The summed E-state index contributed by atoms with van der Waals surface area (Å²) in [6, 6.07) is 6.26. The Morgan fingerprint density at radius 3 is 2.57 bits per heavy atom. The zero-order valence-electron chi connectivity index (χ0n) is 12.6. The lowest BCUT2D eigenvalue weighted by molar-refractivity contribution is 0.0697. The Morgan fingerprint density at radius 2 is 2.00 bits per heavy atom. The fourth-order valence-electron chi connectivity index (χ4n) is 2.66. The van der Waals surface area contributed by atoms with Crippen molar-refractivity contribution in [2.24, 2.45) is 5.41 Å². The first-order chi connectivity index (χ1) is 9.99. The molecule has 0 bridgehead atoms. The molecule has 1 aliphatic rings. The molecule has 0 spiro atoms. The Bertz CT molecular complexity index is 538. The summed E-state index contributed by atoms with van der Waals surface area (Å²) in [5, 5.41) is 12.1. The summed E-state index contributed by atoms with van der Waals surface area (Å²) in [5.41, 5.74) is 0.810. The molecule has 0 aromatic heterocycles. The molecule has 1 aromatic carbocycles. The molecular weight excluding hydrogens is 268 g/mol. The van der Waals surface area contributed by atoms with Gasteiger partial charge in [0.05, 0.1) is 11.3 Å². The van der Waals surface area contributed by atoms with E-state index in [0.717, 1.165) is 25.7 Å². The van der Waals surface area contributed by atoms with Crippen LogP contribution in [0.4, 0.5) is 10.5 Å². The van der Waals surface area contributed by atoms with Gasteiger partial charge in [-0.05, 0) is 36.8 Å². The number of hydrogen-bond donors (Lipinski definition) is 2. The van der Waals surface area contributed by atoms with Gasteiger partial charge in [-0.1, -0.05) is 25.5 Å². The number of carbonyl (C=O) groups excluding carboxylic acids is 1. The predicted molar refractivity (Wildman–Crippen MR) is 81.8 cm³/mol. The molecule has 0 aliphatic heterocycles. The number of nitrogens with zero attached hydrogens (tertiary/aromatic N) is 1. The molecular formula is C16H22N2O3. The topological polar surface area (TPSA) is 69.6 Å². The van der Waals surface area contributed by atoms with Crippen LogP contribution in [0.3, 0.4) is 0 Å². The Balaban J connectivity index is 2.01. The maximum absolute atomic E-state index is 12.2. The fraction of sp³-hybridized carbons (Fsp3) is 0.500. The highest BCUT2D eigenvalue weighted by atomic mass is 16.4. The second-order valence-corrected chi connectivity index (χ2v) is 5.79. The number of hydrogen-bond acceptors (Lipinski definition) is 2. The number of carboxylic acids is 1. The van der Waals surface area contributed by atoms with Gasteiger partial charge in [-0.25, -0.2) is 9.59 Å². The zero-order valence-corrected chi connectivity index (χ0v) is 12.6. The van der Waals surface area contributed by atoms with Crippen molar-refractivity contribution in [1.29, 1.82) is 0 Å². The molecule has 2 N–H and O–H groups in total. The van der Waals surface area contributed by atoms with E-state index in [0.29, 0.717) is 12.2 Å². The minimum atomic E-state index is -1.03. The standard InChI is InChI=1S/C16H22N2O3/c1-3-8-16(9-10-16)11-17-15(21)18(2)13-7-5-4-6-12(13)14(19)20/h4-7H,3,8-11H2,1-2H3,(H,17,21)(H,19,20). The van der Waals surface area contributed by atoms with E-state index in [1.165, 1.54) is 11.0 Å². The normalized spacial score (nSPS) is 15.3. The lowest BCUT2D eigenvalue weighted by Gasteiger charge is -2.22. The Labute approximate surface area is 125 Å². The molecule has 0 radical (unpaired) electrons. The molecule has 2 amide bonds. The zero-order chi connectivity index (χ0) is 15.5. The Hall–Kier alpha value is -2.04. The molecule has 1 aromatic rings. The van der Waals surface area contributed by atoms with Gasteiger partial charge in [-0.3, -0.25) is 4.90 Å². The van der Waals surface area contributed by atoms with E-state index in [4.69, 9.17) is 0 Å².